The smallest absolute Gasteiger partial charge is 0.261 e. The number of nitrogens with zero attached hydrogens (tertiary/aromatic N) is 2. The molecule has 0 radical (unpaired) electrons. The van der Waals surface area contributed by atoms with Gasteiger partial charge in [0, 0.05) is 25.3 Å². The number of hydrogen-bond acceptors (Lipinski definition) is 3. The molecule has 0 bridgehead atoms. The van der Waals surface area contributed by atoms with E-state index in [4.69, 9.17) is 0 Å². The molecule has 0 spiro atoms. The Balaban J connectivity index is 1.25. The van der Waals surface area contributed by atoms with Crippen molar-refractivity contribution in [3.63, 3.8) is 0 Å². The Labute approximate surface area is 154 Å². The van der Waals surface area contributed by atoms with E-state index >= 15 is 0 Å². The molecule has 2 aliphatic rings. The average molecular weight is 348 g/mol. The summed E-state index contributed by atoms with van der Waals surface area (Å²) in [6, 6.07) is 17.7. The fraction of sp³-hybridized carbons (Fsp3) is 0.364. The molecule has 0 N–H and O–H groups in total. The summed E-state index contributed by atoms with van der Waals surface area (Å²) in [6.45, 7) is 2.70. The van der Waals surface area contributed by atoms with E-state index in [1.165, 1.54) is 23.4 Å². The third kappa shape index (κ3) is 3.24. The Morgan fingerprint density at radius 3 is 2.00 bits per heavy atom. The van der Waals surface area contributed by atoms with Crippen LogP contribution in [0.15, 0.2) is 54.6 Å². The maximum absolute atomic E-state index is 12.4. The molecule has 2 amide bonds. The zero-order chi connectivity index (χ0) is 17.9. The molecule has 0 aliphatic carbocycles. The van der Waals surface area contributed by atoms with Gasteiger partial charge < -0.3 is 4.90 Å². The van der Waals surface area contributed by atoms with Crippen LogP contribution in [-0.4, -0.2) is 36.3 Å². The van der Waals surface area contributed by atoms with Crippen LogP contribution in [0.5, 0.6) is 0 Å². The van der Waals surface area contributed by atoms with Crippen molar-refractivity contribution in [2.45, 2.75) is 25.7 Å². The van der Waals surface area contributed by atoms with Crippen molar-refractivity contribution in [1.82, 2.24) is 4.90 Å². The van der Waals surface area contributed by atoms with E-state index in [0.29, 0.717) is 23.6 Å². The zero-order valence-corrected chi connectivity index (χ0v) is 14.9. The molecule has 0 aromatic heterocycles. The van der Waals surface area contributed by atoms with Gasteiger partial charge in [0.1, 0.15) is 0 Å². The first kappa shape index (κ1) is 16.8. The lowest BCUT2D eigenvalue weighted by Crippen LogP contribution is -2.34. The molecule has 1 fully saturated rings. The summed E-state index contributed by atoms with van der Waals surface area (Å²) in [5.74, 6) is 0.416. The van der Waals surface area contributed by atoms with Crippen LogP contribution in [0.2, 0.25) is 0 Å². The quantitative estimate of drug-likeness (QED) is 0.768. The molecule has 4 rings (SSSR count). The van der Waals surface area contributed by atoms with Crippen LogP contribution in [0.3, 0.4) is 0 Å². The molecule has 2 aliphatic heterocycles. The average Bonchev–Trinajstić information content (AvgIpc) is 2.94. The Kier molecular flexibility index (Phi) is 4.74. The lowest BCUT2D eigenvalue weighted by atomic mass is 9.92. The number of piperidine rings is 1. The van der Waals surface area contributed by atoms with Crippen molar-refractivity contribution in [3.8, 4) is 0 Å². The number of rotatable bonds is 5. The highest BCUT2D eigenvalue weighted by Gasteiger charge is 2.34. The molecule has 134 valence electrons. The predicted octanol–water partition coefficient (Wildman–Crippen LogP) is 3.98. The molecule has 2 aromatic carbocycles. The third-order valence-corrected chi connectivity index (χ3v) is 5.61. The van der Waals surface area contributed by atoms with Crippen molar-refractivity contribution in [3.05, 3.63) is 65.7 Å². The number of amides is 2. The second-order valence-corrected chi connectivity index (χ2v) is 7.22. The molecule has 4 nitrogen and oxygen atoms in total. The first-order chi connectivity index (χ1) is 12.7. The second-order valence-electron chi connectivity index (χ2n) is 7.22. The Bertz CT molecular complexity index is 760. The summed E-state index contributed by atoms with van der Waals surface area (Å²) < 4.78 is 0. The van der Waals surface area contributed by atoms with Gasteiger partial charge in [0.05, 0.1) is 11.1 Å². The fourth-order valence-electron chi connectivity index (χ4n) is 4.10. The molecule has 0 saturated carbocycles. The first-order valence-corrected chi connectivity index (χ1v) is 9.49. The fourth-order valence-corrected chi connectivity index (χ4v) is 4.10. The van der Waals surface area contributed by atoms with E-state index in [1.807, 2.05) is 12.1 Å². The number of carbonyl (C=O) groups is 2. The normalized spacial score (nSPS) is 17.7. The second kappa shape index (κ2) is 7.32. The Morgan fingerprint density at radius 2 is 1.38 bits per heavy atom. The van der Waals surface area contributed by atoms with Crippen LogP contribution in [0, 0.1) is 5.92 Å². The van der Waals surface area contributed by atoms with Crippen molar-refractivity contribution >= 4 is 17.5 Å². The minimum atomic E-state index is -0.135. The predicted molar refractivity (Wildman–Crippen MR) is 102 cm³/mol. The highest BCUT2D eigenvalue weighted by molar-refractivity contribution is 6.21. The minimum Gasteiger partial charge on any atom is -0.372 e. The van der Waals surface area contributed by atoms with E-state index in [9.17, 15) is 9.59 Å². The van der Waals surface area contributed by atoms with Gasteiger partial charge in [0.2, 0.25) is 0 Å². The van der Waals surface area contributed by atoms with E-state index < -0.39 is 0 Å². The SMILES string of the molecule is O=C1c2ccccc2C(=O)N1CCCC1CCN(c2ccccc2)CC1. The van der Waals surface area contributed by atoms with Crippen molar-refractivity contribution < 1.29 is 9.59 Å². The number of hydrogen-bond donors (Lipinski definition) is 0. The number of fused-ring (bicyclic) bond motifs is 1. The van der Waals surface area contributed by atoms with Gasteiger partial charge in [0.25, 0.3) is 11.8 Å². The summed E-state index contributed by atoms with van der Waals surface area (Å²) in [4.78, 5) is 28.6. The van der Waals surface area contributed by atoms with Crippen LogP contribution < -0.4 is 4.90 Å². The highest BCUT2D eigenvalue weighted by Crippen LogP contribution is 2.27. The van der Waals surface area contributed by atoms with E-state index in [-0.39, 0.29) is 11.8 Å². The summed E-state index contributed by atoms with van der Waals surface area (Å²) in [5, 5.41) is 0. The van der Waals surface area contributed by atoms with Gasteiger partial charge in [0.15, 0.2) is 0 Å². The molecule has 26 heavy (non-hydrogen) atoms. The third-order valence-electron chi connectivity index (χ3n) is 5.61. The number of benzene rings is 2. The number of anilines is 1. The minimum absolute atomic E-state index is 0.135. The Morgan fingerprint density at radius 1 is 0.808 bits per heavy atom. The molecule has 2 aromatic rings. The largest absolute Gasteiger partial charge is 0.372 e. The molecular formula is C22H24N2O2. The van der Waals surface area contributed by atoms with E-state index in [0.717, 1.165) is 25.9 Å². The number of imide groups is 1. The van der Waals surface area contributed by atoms with Gasteiger partial charge in [-0.3, -0.25) is 14.5 Å². The molecule has 1 saturated heterocycles. The number of para-hydroxylation sites is 1. The van der Waals surface area contributed by atoms with Crippen molar-refractivity contribution in [1.29, 1.82) is 0 Å². The van der Waals surface area contributed by atoms with Crippen molar-refractivity contribution in [2.75, 3.05) is 24.5 Å². The zero-order valence-electron chi connectivity index (χ0n) is 14.9. The van der Waals surface area contributed by atoms with Gasteiger partial charge in [-0.2, -0.15) is 0 Å². The maximum atomic E-state index is 12.4. The van der Waals surface area contributed by atoms with Crippen LogP contribution in [0.1, 0.15) is 46.4 Å². The van der Waals surface area contributed by atoms with Gasteiger partial charge >= 0.3 is 0 Å². The summed E-state index contributed by atoms with van der Waals surface area (Å²) in [7, 11) is 0. The van der Waals surface area contributed by atoms with Gasteiger partial charge in [-0.05, 0) is 55.9 Å². The topological polar surface area (TPSA) is 40.6 Å². The molecular weight excluding hydrogens is 324 g/mol. The van der Waals surface area contributed by atoms with E-state index in [2.05, 4.69) is 35.2 Å². The van der Waals surface area contributed by atoms with Crippen LogP contribution in [0.25, 0.3) is 0 Å². The molecule has 0 atom stereocenters. The van der Waals surface area contributed by atoms with Gasteiger partial charge in [-0.25, -0.2) is 0 Å². The van der Waals surface area contributed by atoms with Crippen LogP contribution >= 0.6 is 0 Å². The van der Waals surface area contributed by atoms with Crippen molar-refractivity contribution in [2.24, 2.45) is 5.92 Å². The Hall–Kier alpha value is -2.62. The summed E-state index contributed by atoms with van der Waals surface area (Å²) in [5.41, 5.74) is 2.40. The summed E-state index contributed by atoms with van der Waals surface area (Å²) >= 11 is 0. The monoisotopic (exact) mass is 348 g/mol. The lowest BCUT2D eigenvalue weighted by molar-refractivity contribution is 0.0649. The van der Waals surface area contributed by atoms with Gasteiger partial charge in [-0.1, -0.05) is 30.3 Å². The first-order valence-electron chi connectivity index (χ1n) is 9.49. The molecule has 0 unspecified atom stereocenters. The highest BCUT2D eigenvalue weighted by atomic mass is 16.2. The molecule has 2 heterocycles. The lowest BCUT2D eigenvalue weighted by Gasteiger charge is -2.33. The molecule has 4 heteroatoms. The van der Waals surface area contributed by atoms with Crippen LogP contribution in [-0.2, 0) is 0 Å². The van der Waals surface area contributed by atoms with E-state index in [1.54, 1.807) is 12.1 Å². The van der Waals surface area contributed by atoms with Gasteiger partial charge in [-0.15, -0.1) is 0 Å². The number of carbonyl (C=O) groups excluding carboxylic acids is 2. The van der Waals surface area contributed by atoms with Crippen LogP contribution in [0.4, 0.5) is 5.69 Å². The maximum Gasteiger partial charge on any atom is 0.261 e. The summed E-state index contributed by atoms with van der Waals surface area (Å²) in [6.07, 6.45) is 4.32. The standard InChI is InChI=1S/C22H24N2O2/c25-21-19-10-4-5-11-20(19)22(26)24(21)14-6-7-17-12-15-23(16-13-17)18-8-2-1-3-9-18/h1-5,8-11,17H,6-7,12-16H2.